The van der Waals surface area contributed by atoms with Crippen molar-refractivity contribution in [3.63, 3.8) is 0 Å². The Labute approximate surface area is 219 Å². The number of piperidine rings is 1. The molecule has 1 unspecified atom stereocenters. The van der Waals surface area contributed by atoms with Crippen molar-refractivity contribution in [1.29, 1.82) is 0 Å². The van der Waals surface area contributed by atoms with E-state index in [9.17, 15) is 19.5 Å². The highest BCUT2D eigenvalue weighted by molar-refractivity contribution is 5.85. The van der Waals surface area contributed by atoms with E-state index >= 15 is 0 Å². The van der Waals surface area contributed by atoms with Gasteiger partial charge in [0.1, 0.15) is 12.6 Å². The van der Waals surface area contributed by atoms with Crippen molar-refractivity contribution in [2.24, 2.45) is 11.3 Å². The summed E-state index contributed by atoms with van der Waals surface area (Å²) in [5, 5.41) is 12.0. The van der Waals surface area contributed by atoms with Gasteiger partial charge in [0.25, 0.3) is 0 Å². The summed E-state index contributed by atoms with van der Waals surface area (Å²) in [5.74, 6) is 0.467. The van der Waals surface area contributed by atoms with Crippen LogP contribution in [-0.2, 0) is 16.1 Å². The molecule has 5 rings (SSSR count). The number of amides is 3. The molecule has 4 fully saturated rings. The first-order valence-electron chi connectivity index (χ1n) is 13.8. The Morgan fingerprint density at radius 3 is 2.49 bits per heavy atom. The Kier molecular flexibility index (Phi) is 7.60. The largest absolute Gasteiger partial charge is 0.465 e. The molecule has 3 aliphatic heterocycles. The number of ether oxygens (including phenoxy) is 1. The van der Waals surface area contributed by atoms with E-state index in [4.69, 9.17) is 4.74 Å². The van der Waals surface area contributed by atoms with Crippen molar-refractivity contribution in [3.8, 4) is 0 Å². The third-order valence-electron chi connectivity index (χ3n) is 9.18. The molecule has 202 valence electrons. The normalized spacial score (nSPS) is 29.2. The lowest BCUT2D eigenvalue weighted by molar-refractivity contribution is -0.135. The summed E-state index contributed by atoms with van der Waals surface area (Å²) < 4.78 is 5.30. The third-order valence-corrected chi connectivity index (χ3v) is 9.18. The summed E-state index contributed by atoms with van der Waals surface area (Å²) in [5.41, 5.74) is 1.12. The fourth-order valence-electron chi connectivity index (χ4n) is 7.11. The van der Waals surface area contributed by atoms with Crippen LogP contribution in [0.1, 0.15) is 57.4 Å². The molecule has 2 atom stereocenters. The van der Waals surface area contributed by atoms with Crippen LogP contribution in [0.4, 0.5) is 9.59 Å². The topological polar surface area (TPSA) is 102 Å². The first-order valence-corrected chi connectivity index (χ1v) is 13.8. The first-order chi connectivity index (χ1) is 17.8. The fourth-order valence-corrected chi connectivity index (χ4v) is 7.11. The lowest BCUT2D eigenvalue weighted by Crippen LogP contribution is -2.56. The number of rotatable bonds is 6. The summed E-state index contributed by atoms with van der Waals surface area (Å²) >= 11 is 0. The monoisotopic (exact) mass is 512 g/mol. The van der Waals surface area contributed by atoms with Gasteiger partial charge in [0.2, 0.25) is 5.91 Å². The molecule has 2 N–H and O–H groups in total. The number of carbonyl (C=O) groups excluding carboxylic acids is 2. The van der Waals surface area contributed by atoms with Crippen molar-refractivity contribution in [1.82, 2.24) is 20.0 Å². The van der Waals surface area contributed by atoms with E-state index in [2.05, 4.69) is 10.2 Å². The van der Waals surface area contributed by atoms with Gasteiger partial charge in [-0.05, 0) is 81.9 Å². The smallest absolute Gasteiger partial charge is 0.408 e. The van der Waals surface area contributed by atoms with Crippen LogP contribution in [0.5, 0.6) is 0 Å². The van der Waals surface area contributed by atoms with Crippen LogP contribution < -0.4 is 5.32 Å². The Hall–Kier alpha value is -2.81. The number of likely N-dealkylation sites (tertiary alicyclic amines) is 3. The van der Waals surface area contributed by atoms with Gasteiger partial charge in [-0.3, -0.25) is 4.79 Å². The number of alkyl carbamates (subject to hydrolysis) is 1. The van der Waals surface area contributed by atoms with Crippen LogP contribution in [-0.4, -0.2) is 88.7 Å². The lowest BCUT2D eigenvalue weighted by atomic mass is 9.64. The predicted molar refractivity (Wildman–Crippen MR) is 138 cm³/mol. The van der Waals surface area contributed by atoms with Gasteiger partial charge in [-0.1, -0.05) is 30.3 Å². The second-order valence-corrected chi connectivity index (χ2v) is 11.6. The molecule has 1 aromatic rings. The van der Waals surface area contributed by atoms with Crippen molar-refractivity contribution in [3.05, 3.63) is 35.9 Å². The molecule has 3 heterocycles. The summed E-state index contributed by atoms with van der Waals surface area (Å²) in [7, 11) is 0. The van der Waals surface area contributed by atoms with E-state index in [1.807, 2.05) is 35.2 Å². The highest BCUT2D eigenvalue weighted by Gasteiger charge is 2.51. The predicted octanol–water partition coefficient (Wildman–Crippen LogP) is 3.54. The zero-order valence-corrected chi connectivity index (χ0v) is 21.8. The van der Waals surface area contributed by atoms with E-state index in [1.165, 1.54) is 0 Å². The molecule has 1 aromatic carbocycles. The van der Waals surface area contributed by atoms with E-state index in [0.717, 1.165) is 70.1 Å². The fraction of sp³-hybridized carbons (Fsp3) is 0.679. The molecule has 1 spiro atoms. The molecule has 9 nitrogen and oxygen atoms in total. The van der Waals surface area contributed by atoms with Crippen LogP contribution in [0.15, 0.2) is 30.3 Å². The molecule has 0 radical (unpaired) electrons. The van der Waals surface area contributed by atoms with E-state index in [1.54, 1.807) is 11.8 Å². The van der Waals surface area contributed by atoms with E-state index < -0.39 is 18.2 Å². The maximum absolute atomic E-state index is 13.3. The van der Waals surface area contributed by atoms with Crippen molar-refractivity contribution >= 4 is 18.1 Å². The molecular formula is C28H40N4O5. The van der Waals surface area contributed by atoms with E-state index in [-0.39, 0.29) is 24.0 Å². The minimum atomic E-state index is -0.787. The number of carboxylic acid groups (broad SMARTS) is 1. The van der Waals surface area contributed by atoms with Crippen LogP contribution in [0, 0.1) is 11.3 Å². The van der Waals surface area contributed by atoms with Gasteiger partial charge in [-0.25, -0.2) is 9.59 Å². The Bertz CT molecular complexity index is 974. The van der Waals surface area contributed by atoms with Crippen LogP contribution in [0.25, 0.3) is 0 Å². The van der Waals surface area contributed by atoms with Crippen LogP contribution >= 0.6 is 0 Å². The number of hydrogen-bond acceptors (Lipinski definition) is 5. The van der Waals surface area contributed by atoms with Crippen molar-refractivity contribution < 1.29 is 24.2 Å². The number of carbonyl (C=O) groups is 3. The maximum Gasteiger partial charge on any atom is 0.408 e. The lowest BCUT2D eigenvalue weighted by Gasteiger charge is -2.52. The van der Waals surface area contributed by atoms with Gasteiger partial charge >= 0.3 is 12.2 Å². The molecule has 4 aliphatic rings. The van der Waals surface area contributed by atoms with Crippen molar-refractivity contribution in [2.75, 3.05) is 32.7 Å². The van der Waals surface area contributed by atoms with Gasteiger partial charge in [-0.15, -0.1) is 0 Å². The summed E-state index contributed by atoms with van der Waals surface area (Å²) in [6, 6.07) is 9.69. The minimum absolute atomic E-state index is 0.0215. The average molecular weight is 513 g/mol. The average Bonchev–Trinajstić information content (AvgIpc) is 3.55. The van der Waals surface area contributed by atoms with Crippen LogP contribution in [0.3, 0.4) is 0 Å². The SMILES string of the molecule is CC(NC(=O)OCc1ccccc1)C(=O)N1CCC[C@H]1C1CCN(C2CC3(CCN(C(=O)O)C3)C2)CC1. The van der Waals surface area contributed by atoms with Gasteiger partial charge in [0, 0.05) is 31.7 Å². The molecule has 3 saturated heterocycles. The third kappa shape index (κ3) is 5.71. The Morgan fingerprint density at radius 1 is 1.08 bits per heavy atom. The van der Waals surface area contributed by atoms with Gasteiger partial charge in [0.05, 0.1) is 0 Å². The second-order valence-electron chi connectivity index (χ2n) is 11.6. The van der Waals surface area contributed by atoms with Gasteiger partial charge < -0.3 is 29.9 Å². The highest BCUT2D eigenvalue weighted by Crippen LogP contribution is 2.50. The number of hydrogen-bond donors (Lipinski definition) is 2. The number of nitrogens with zero attached hydrogens (tertiary/aromatic N) is 3. The molecule has 37 heavy (non-hydrogen) atoms. The molecule has 3 amide bonds. The van der Waals surface area contributed by atoms with Crippen LogP contribution in [0.2, 0.25) is 0 Å². The summed E-state index contributed by atoms with van der Waals surface area (Å²) in [4.78, 5) is 43.0. The Balaban J connectivity index is 1.06. The summed E-state index contributed by atoms with van der Waals surface area (Å²) in [6.07, 6.45) is 6.06. The highest BCUT2D eigenvalue weighted by atomic mass is 16.5. The molecule has 0 aromatic heterocycles. The molecule has 9 heteroatoms. The zero-order valence-electron chi connectivity index (χ0n) is 21.8. The van der Waals surface area contributed by atoms with Crippen molar-refractivity contribution in [2.45, 2.75) is 76.6 Å². The molecule has 0 bridgehead atoms. The second kappa shape index (κ2) is 10.9. The molecule has 1 aliphatic carbocycles. The van der Waals surface area contributed by atoms with Gasteiger partial charge in [-0.2, -0.15) is 0 Å². The number of nitrogens with one attached hydrogen (secondary N) is 1. The summed E-state index contributed by atoms with van der Waals surface area (Å²) in [6.45, 7) is 6.13. The standard InChI is InChI=1S/C28H40N4O5/c1-20(29-26(34)37-18-21-6-3-2-4-7-21)25(33)32-12-5-8-24(32)22-9-13-30(14-10-22)23-16-28(17-23)11-15-31(19-28)27(35)36/h2-4,6-7,20,22-24H,5,8-19H2,1H3,(H,29,34)(H,35,36)/t20?,23?,24-,28?/m0/s1. The van der Waals surface area contributed by atoms with Gasteiger partial charge in [0.15, 0.2) is 0 Å². The zero-order chi connectivity index (χ0) is 26.0. The number of benzene rings is 1. The molecular weight excluding hydrogens is 472 g/mol. The Morgan fingerprint density at radius 2 is 1.81 bits per heavy atom. The molecule has 1 saturated carbocycles. The van der Waals surface area contributed by atoms with E-state index in [0.29, 0.717) is 25.0 Å². The quantitative estimate of drug-likeness (QED) is 0.605. The maximum atomic E-state index is 13.3. The first kappa shape index (κ1) is 25.8. The minimum Gasteiger partial charge on any atom is -0.465 e.